The van der Waals surface area contributed by atoms with Gasteiger partial charge in [-0.05, 0) is 30.2 Å². The summed E-state index contributed by atoms with van der Waals surface area (Å²) in [7, 11) is 1.32. The number of hydrogen-bond donors (Lipinski definition) is 2. The van der Waals surface area contributed by atoms with Gasteiger partial charge in [0.25, 0.3) is 12.3 Å². The van der Waals surface area contributed by atoms with E-state index in [1.54, 1.807) is 18.2 Å². The van der Waals surface area contributed by atoms with Gasteiger partial charge in [0.2, 0.25) is 17.7 Å². The average molecular weight is 523 g/mol. The third kappa shape index (κ3) is 4.61. The minimum atomic E-state index is -3.34. The highest BCUT2D eigenvalue weighted by molar-refractivity contribution is 5.89. The van der Waals surface area contributed by atoms with Crippen LogP contribution in [0.4, 0.5) is 23.5 Å². The molecule has 1 fully saturated rings. The standard InChI is InChI=1S/C22H22F4N8O3/c1-37-20-19-13(12-2-3-14-15(8-12)34(31-29-14)9-17(23)24)4-7-33(19)30-21(28-20)27-16-5-6-32(18(36)10-35)11-22(16,25)26/h2-4,7-8,16-17,35H,5-6,9-11H2,1H3,(H,27,30)/t16-/m1/s1/i7D. The Morgan fingerprint density at radius 3 is 2.89 bits per heavy atom. The Hall–Kier alpha value is -4.01. The van der Waals surface area contributed by atoms with Gasteiger partial charge in [0, 0.05) is 18.3 Å². The Labute approximate surface area is 208 Å². The van der Waals surface area contributed by atoms with E-state index >= 15 is 0 Å². The summed E-state index contributed by atoms with van der Waals surface area (Å²) in [5, 5.41) is 23.4. The largest absolute Gasteiger partial charge is 0.479 e. The molecule has 11 nitrogen and oxygen atoms in total. The Balaban J connectivity index is 1.50. The summed E-state index contributed by atoms with van der Waals surface area (Å²) in [5.74, 6) is -4.35. The van der Waals surface area contributed by atoms with E-state index in [0.29, 0.717) is 22.2 Å². The zero-order valence-electron chi connectivity index (χ0n) is 20.4. The van der Waals surface area contributed by atoms with Gasteiger partial charge in [0.15, 0.2) is 0 Å². The second-order valence-corrected chi connectivity index (χ2v) is 8.48. The molecule has 1 atom stereocenters. The number of amides is 1. The first-order chi connectivity index (χ1) is 18.1. The van der Waals surface area contributed by atoms with Crippen LogP contribution in [0.3, 0.4) is 0 Å². The molecular weight excluding hydrogens is 500 g/mol. The van der Waals surface area contributed by atoms with Gasteiger partial charge in [-0.15, -0.1) is 10.2 Å². The van der Waals surface area contributed by atoms with Crippen molar-refractivity contribution in [3.63, 3.8) is 0 Å². The van der Waals surface area contributed by atoms with Gasteiger partial charge in [-0.1, -0.05) is 11.3 Å². The molecule has 0 unspecified atom stereocenters. The van der Waals surface area contributed by atoms with Crippen LogP contribution >= 0.6 is 0 Å². The summed E-state index contributed by atoms with van der Waals surface area (Å²) in [6.07, 6.45) is -2.87. The zero-order valence-corrected chi connectivity index (χ0v) is 19.4. The van der Waals surface area contributed by atoms with Gasteiger partial charge in [-0.25, -0.2) is 26.8 Å². The first-order valence-electron chi connectivity index (χ1n) is 11.7. The normalized spacial score (nSPS) is 18.0. The van der Waals surface area contributed by atoms with Gasteiger partial charge < -0.3 is 20.1 Å². The number of aromatic nitrogens is 6. The molecule has 37 heavy (non-hydrogen) atoms. The van der Waals surface area contributed by atoms with Crippen molar-refractivity contribution in [1.29, 1.82) is 0 Å². The summed E-state index contributed by atoms with van der Waals surface area (Å²) in [6, 6.07) is 4.92. The molecule has 1 amide bonds. The highest BCUT2D eigenvalue weighted by Crippen LogP contribution is 2.34. The van der Waals surface area contributed by atoms with E-state index in [4.69, 9.17) is 11.2 Å². The number of methoxy groups -OCH3 is 1. The highest BCUT2D eigenvalue weighted by Gasteiger charge is 2.46. The summed E-state index contributed by atoms with van der Waals surface area (Å²) in [5.41, 5.74) is 2.02. The molecule has 5 rings (SSSR count). The number of anilines is 1. The molecule has 0 saturated carbocycles. The number of hydrogen-bond acceptors (Lipinski definition) is 8. The number of fused-ring (bicyclic) bond motifs is 2. The monoisotopic (exact) mass is 523 g/mol. The molecule has 4 heterocycles. The number of carbonyl (C=O) groups excluding carboxylic acids is 1. The van der Waals surface area contributed by atoms with E-state index in [0.717, 1.165) is 9.58 Å². The van der Waals surface area contributed by atoms with Crippen molar-refractivity contribution < 1.29 is 33.6 Å². The molecule has 3 aromatic heterocycles. The number of alkyl halides is 4. The summed E-state index contributed by atoms with van der Waals surface area (Å²) >= 11 is 0. The number of nitrogens with zero attached hydrogens (tertiary/aromatic N) is 7. The van der Waals surface area contributed by atoms with Crippen molar-refractivity contribution in [2.24, 2.45) is 0 Å². The highest BCUT2D eigenvalue weighted by atomic mass is 19.3. The van der Waals surface area contributed by atoms with Gasteiger partial charge in [-0.2, -0.15) is 4.98 Å². The van der Waals surface area contributed by atoms with Crippen LogP contribution in [0.2, 0.25) is 0 Å². The fourth-order valence-electron chi connectivity index (χ4n) is 4.33. The van der Waals surface area contributed by atoms with E-state index in [1.165, 1.54) is 17.7 Å². The SMILES string of the molecule is [2H]c1cc(-c2ccc3nnn(CC(F)F)c3c2)c2c(OC)nc(N[C@@H]3CCN(C(=O)CO)CC3(F)F)nn12. The van der Waals surface area contributed by atoms with Crippen LogP contribution in [0, 0.1) is 0 Å². The molecule has 1 aromatic carbocycles. The van der Waals surface area contributed by atoms with Crippen molar-refractivity contribution in [1.82, 2.24) is 34.5 Å². The topological polar surface area (TPSA) is 123 Å². The van der Waals surface area contributed by atoms with Crippen LogP contribution in [-0.4, -0.2) is 90.7 Å². The molecule has 0 radical (unpaired) electrons. The lowest BCUT2D eigenvalue weighted by Gasteiger charge is -2.38. The molecule has 0 aliphatic carbocycles. The molecule has 15 heteroatoms. The molecule has 1 aliphatic heterocycles. The summed E-state index contributed by atoms with van der Waals surface area (Å²) < 4.78 is 71.5. The quantitative estimate of drug-likeness (QED) is 0.353. The Bertz CT molecular complexity index is 1510. The van der Waals surface area contributed by atoms with Crippen LogP contribution < -0.4 is 10.1 Å². The number of ether oxygens (including phenoxy) is 1. The average Bonchev–Trinajstić information content (AvgIpc) is 3.44. The lowest BCUT2D eigenvalue weighted by atomic mass is 10.0. The molecule has 1 aliphatic rings. The molecule has 2 N–H and O–H groups in total. The fraction of sp³-hybridized carbons (Fsp3) is 0.409. The second-order valence-electron chi connectivity index (χ2n) is 8.48. The lowest BCUT2D eigenvalue weighted by Crippen LogP contribution is -2.56. The van der Waals surface area contributed by atoms with Crippen molar-refractivity contribution in [3.8, 4) is 17.0 Å². The Kier molecular flexibility index (Phi) is 5.98. The number of rotatable bonds is 7. The minimum absolute atomic E-state index is 0.00285. The first-order valence-corrected chi connectivity index (χ1v) is 11.2. The van der Waals surface area contributed by atoms with E-state index in [9.17, 15) is 22.4 Å². The van der Waals surface area contributed by atoms with Gasteiger partial charge in [0.05, 0.1) is 26.6 Å². The number of halogens is 4. The maximum atomic E-state index is 14.8. The van der Waals surface area contributed by atoms with Gasteiger partial charge >= 0.3 is 0 Å². The van der Waals surface area contributed by atoms with E-state index < -0.39 is 44.0 Å². The predicted octanol–water partition coefficient (Wildman–Crippen LogP) is 2.06. The summed E-state index contributed by atoms with van der Waals surface area (Å²) in [4.78, 5) is 16.8. The number of aliphatic hydroxyl groups excluding tert-OH is 1. The van der Waals surface area contributed by atoms with Crippen molar-refractivity contribution in [3.05, 3.63) is 30.4 Å². The number of benzene rings is 1. The van der Waals surface area contributed by atoms with Crippen LogP contribution in [0.5, 0.6) is 5.88 Å². The first kappa shape index (κ1) is 23.4. The van der Waals surface area contributed by atoms with E-state index in [-0.39, 0.29) is 36.5 Å². The molecule has 1 saturated heterocycles. The zero-order chi connectivity index (χ0) is 27.2. The van der Waals surface area contributed by atoms with Crippen molar-refractivity contribution >= 4 is 28.4 Å². The predicted molar refractivity (Wildman–Crippen MR) is 123 cm³/mol. The van der Waals surface area contributed by atoms with Crippen LogP contribution in [0.1, 0.15) is 7.79 Å². The molecule has 0 bridgehead atoms. The van der Waals surface area contributed by atoms with Crippen LogP contribution in [0.15, 0.2) is 30.4 Å². The second kappa shape index (κ2) is 9.46. The number of carbonyl (C=O) groups is 1. The summed E-state index contributed by atoms with van der Waals surface area (Å²) in [6.45, 7) is -2.37. The number of aliphatic hydroxyl groups is 1. The molecule has 4 aromatic rings. The maximum Gasteiger partial charge on any atom is 0.285 e. The van der Waals surface area contributed by atoms with Crippen molar-refractivity contribution in [2.45, 2.75) is 31.4 Å². The third-order valence-corrected chi connectivity index (χ3v) is 6.12. The van der Waals surface area contributed by atoms with Gasteiger partial charge in [0.1, 0.15) is 24.2 Å². The fourth-order valence-corrected chi connectivity index (χ4v) is 4.33. The molecule has 0 spiro atoms. The Morgan fingerprint density at radius 1 is 1.38 bits per heavy atom. The molecular formula is C22H22F4N8O3. The smallest absolute Gasteiger partial charge is 0.285 e. The third-order valence-electron chi connectivity index (χ3n) is 6.12. The Morgan fingerprint density at radius 2 is 2.19 bits per heavy atom. The van der Waals surface area contributed by atoms with Crippen molar-refractivity contribution in [2.75, 3.05) is 32.1 Å². The van der Waals surface area contributed by atoms with Gasteiger partial charge in [-0.3, -0.25) is 4.79 Å². The minimum Gasteiger partial charge on any atom is -0.479 e. The van der Waals surface area contributed by atoms with Crippen LogP contribution in [-0.2, 0) is 11.3 Å². The number of piperidine rings is 1. The van der Waals surface area contributed by atoms with E-state index in [2.05, 4.69) is 25.7 Å². The van der Waals surface area contributed by atoms with E-state index in [1.807, 2.05) is 0 Å². The van der Waals surface area contributed by atoms with Crippen LogP contribution in [0.25, 0.3) is 27.7 Å². The lowest BCUT2D eigenvalue weighted by molar-refractivity contribution is -0.145. The number of nitrogens with one attached hydrogen (secondary N) is 1. The molecule has 196 valence electrons. The maximum absolute atomic E-state index is 14.8. The number of likely N-dealkylation sites (tertiary alicyclic amines) is 1.